The van der Waals surface area contributed by atoms with Crippen LogP contribution in [0, 0.1) is 25.5 Å². The molecule has 6 heteroatoms. The van der Waals surface area contributed by atoms with Gasteiger partial charge in [-0.25, -0.2) is 8.78 Å². The third-order valence-corrected chi connectivity index (χ3v) is 10.7. The van der Waals surface area contributed by atoms with Crippen molar-refractivity contribution in [3.8, 4) is 22.3 Å². The molecular formula is C40H40F2N4. The predicted octanol–water partition coefficient (Wildman–Crippen LogP) is 8.59. The topological polar surface area (TPSA) is 25.1 Å². The molecular weight excluding hydrogens is 574 g/mol. The van der Waals surface area contributed by atoms with Gasteiger partial charge < -0.3 is 14.5 Å². The van der Waals surface area contributed by atoms with Crippen LogP contribution < -0.4 is 5.32 Å². The van der Waals surface area contributed by atoms with Crippen LogP contribution in [0.5, 0.6) is 0 Å². The zero-order valence-corrected chi connectivity index (χ0v) is 27.2. The fraction of sp³-hybridized carbons (Fsp3) is 0.300. The Morgan fingerprint density at radius 3 is 2.02 bits per heavy atom. The Hall–Kier alpha value is -4.26. The molecule has 0 saturated heterocycles. The van der Waals surface area contributed by atoms with Gasteiger partial charge in [0.05, 0.1) is 11.0 Å². The number of halogens is 2. The Morgan fingerprint density at radius 2 is 1.35 bits per heavy atom. The SMILES string of the molecule is CNC1Cc2cc(C)cc3c(-c4cc(C(C)N(C)C5Cc6cc(C)cc7c(-c8ccccc8F)cn(c67)C5)ccc4F)cn(c23)C1. The first-order chi connectivity index (χ1) is 22.2. The Balaban J connectivity index is 1.14. The average Bonchev–Trinajstić information content (AvgIpc) is 3.59. The van der Waals surface area contributed by atoms with E-state index in [9.17, 15) is 4.39 Å². The van der Waals surface area contributed by atoms with Crippen LogP contribution in [-0.2, 0) is 25.9 Å². The molecule has 0 aliphatic carbocycles. The Bertz CT molecular complexity index is 2150. The van der Waals surface area contributed by atoms with Crippen molar-refractivity contribution >= 4 is 21.8 Å². The Kier molecular flexibility index (Phi) is 6.93. The monoisotopic (exact) mass is 614 g/mol. The first kappa shape index (κ1) is 29.2. The number of hydrogen-bond donors (Lipinski definition) is 1. The van der Waals surface area contributed by atoms with E-state index in [0.717, 1.165) is 53.4 Å². The van der Waals surface area contributed by atoms with Crippen molar-refractivity contribution in [2.24, 2.45) is 0 Å². The molecule has 0 fully saturated rings. The molecule has 6 aromatic rings. The van der Waals surface area contributed by atoms with Gasteiger partial charge in [0.15, 0.2) is 0 Å². The van der Waals surface area contributed by atoms with Gasteiger partial charge in [0.2, 0.25) is 0 Å². The highest BCUT2D eigenvalue weighted by atomic mass is 19.1. The van der Waals surface area contributed by atoms with E-state index in [0.29, 0.717) is 17.2 Å². The summed E-state index contributed by atoms with van der Waals surface area (Å²) in [5, 5.41) is 5.68. The summed E-state index contributed by atoms with van der Waals surface area (Å²) in [6, 6.07) is 22.3. The van der Waals surface area contributed by atoms with Crippen molar-refractivity contribution in [1.82, 2.24) is 19.4 Å². The molecule has 46 heavy (non-hydrogen) atoms. The summed E-state index contributed by atoms with van der Waals surface area (Å²) in [6.07, 6.45) is 6.15. The summed E-state index contributed by atoms with van der Waals surface area (Å²) in [6.45, 7) is 8.15. The molecule has 0 saturated carbocycles. The maximum atomic E-state index is 15.7. The van der Waals surface area contributed by atoms with Crippen LogP contribution in [0.3, 0.4) is 0 Å². The molecule has 2 aliphatic heterocycles. The highest BCUT2D eigenvalue weighted by Gasteiger charge is 2.30. The van der Waals surface area contributed by atoms with Crippen LogP contribution in [0.1, 0.15) is 40.8 Å². The Morgan fingerprint density at radius 1 is 0.739 bits per heavy atom. The van der Waals surface area contributed by atoms with E-state index in [-0.39, 0.29) is 23.7 Å². The van der Waals surface area contributed by atoms with Crippen molar-refractivity contribution < 1.29 is 8.78 Å². The molecule has 4 nitrogen and oxygen atoms in total. The van der Waals surface area contributed by atoms with E-state index in [1.54, 1.807) is 12.1 Å². The van der Waals surface area contributed by atoms with Gasteiger partial charge in [0, 0.05) is 76.6 Å². The second-order valence-corrected chi connectivity index (χ2v) is 13.6. The van der Waals surface area contributed by atoms with E-state index in [1.807, 2.05) is 25.2 Å². The first-order valence-electron chi connectivity index (χ1n) is 16.4. The van der Waals surface area contributed by atoms with Gasteiger partial charge in [0.25, 0.3) is 0 Å². The number of aryl methyl sites for hydroxylation is 2. The summed E-state index contributed by atoms with van der Waals surface area (Å²) in [4.78, 5) is 2.42. The molecule has 3 atom stereocenters. The normalized spacial score (nSPS) is 18.2. The van der Waals surface area contributed by atoms with Crippen LogP contribution in [-0.4, -0.2) is 40.2 Å². The summed E-state index contributed by atoms with van der Waals surface area (Å²) in [5.74, 6) is -0.390. The van der Waals surface area contributed by atoms with Crippen molar-refractivity contribution in [2.75, 3.05) is 14.1 Å². The minimum Gasteiger partial charge on any atom is -0.345 e. The van der Waals surface area contributed by atoms with Crippen LogP contribution in [0.15, 0.2) is 79.1 Å². The van der Waals surface area contributed by atoms with Crippen molar-refractivity contribution in [3.63, 3.8) is 0 Å². The van der Waals surface area contributed by atoms with Crippen LogP contribution in [0.25, 0.3) is 44.1 Å². The summed E-state index contributed by atoms with van der Waals surface area (Å²) >= 11 is 0. The highest BCUT2D eigenvalue weighted by molar-refractivity contribution is 6.00. The molecule has 8 rings (SSSR count). The largest absolute Gasteiger partial charge is 0.345 e. The quantitative estimate of drug-likeness (QED) is 0.203. The van der Waals surface area contributed by atoms with E-state index >= 15 is 4.39 Å². The lowest BCUT2D eigenvalue weighted by molar-refractivity contribution is 0.163. The molecule has 2 aromatic heterocycles. The number of benzene rings is 4. The molecule has 0 bridgehead atoms. The van der Waals surface area contributed by atoms with Crippen molar-refractivity contribution in [3.05, 3.63) is 119 Å². The van der Waals surface area contributed by atoms with Crippen LogP contribution >= 0.6 is 0 Å². The smallest absolute Gasteiger partial charge is 0.131 e. The third kappa shape index (κ3) is 4.61. The van der Waals surface area contributed by atoms with E-state index in [4.69, 9.17) is 0 Å². The van der Waals surface area contributed by atoms with Gasteiger partial charge in [-0.05, 0) is 94.7 Å². The van der Waals surface area contributed by atoms with Gasteiger partial charge in [0.1, 0.15) is 11.6 Å². The predicted molar refractivity (Wildman–Crippen MR) is 184 cm³/mol. The van der Waals surface area contributed by atoms with Gasteiger partial charge in [-0.3, -0.25) is 4.90 Å². The van der Waals surface area contributed by atoms with Crippen molar-refractivity contribution in [2.45, 2.75) is 64.8 Å². The molecule has 0 spiro atoms. The number of likely N-dealkylation sites (N-methyl/N-ethyl adjacent to an activating group) is 2. The minimum absolute atomic E-state index is 0.0582. The van der Waals surface area contributed by atoms with Gasteiger partial charge in [-0.2, -0.15) is 0 Å². The number of hydrogen-bond acceptors (Lipinski definition) is 2. The second kappa shape index (κ2) is 10.9. The van der Waals surface area contributed by atoms with E-state index in [2.05, 4.69) is 89.9 Å². The standard InChI is InChI=1S/C40H40F2N4/c1-23-12-27-16-29(43-4)19-45-22-36(34(15-23)39(27)45)32-18-26(10-11-38(32)42)25(3)44(5)30-17-28-13-24(2)14-33-35(21-46(20-30)40(28)33)31-8-6-7-9-37(31)41/h6-15,18,21-22,25,29-30,43H,16-17,19-20H2,1-5H3. The zero-order valence-electron chi connectivity index (χ0n) is 27.2. The minimum atomic E-state index is -0.198. The molecule has 0 amide bonds. The van der Waals surface area contributed by atoms with E-state index in [1.165, 1.54) is 39.4 Å². The maximum Gasteiger partial charge on any atom is 0.131 e. The number of rotatable bonds is 6. The Labute approximate surface area is 269 Å². The molecule has 4 heterocycles. The number of aromatic nitrogens is 2. The fourth-order valence-corrected chi connectivity index (χ4v) is 8.22. The number of nitrogens with one attached hydrogen (secondary N) is 1. The molecule has 2 aliphatic rings. The molecule has 4 aromatic carbocycles. The highest BCUT2D eigenvalue weighted by Crippen LogP contribution is 2.41. The lowest BCUT2D eigenvalue weighted by Crippen LogP contribution is -2.40. The first-order valence-corrected chi connectivity index (χ1v) is 16.4. The fourth-order valence-electron chi connectivity index (χ4n) is 8.22. The molecule has 234 valence electrons. The molecule has 0 radical (unpaired) electrons. The van der Waals surface area contributed by atoms with Gasteiger partial charge in [-0.15, -0.1) is 0 Å². The summed E-state index contributed by atoms with van der Waals surface area (Å²) in [7, 11) is 4.20. The second-order valence-electron chi connectivity index (χ2n) is 13.6. The van der Waals surface area contributed by atoms with Crippen molar-refractivity contribution in [1.29, 1.82) is 0 Å². The lowest BCUT2D eigenvalue weighted by atomic mass is 9.93. The van der Waals surface area contributed by atoms with E-state index < -0.39 is 0 Å². The maximum absolute atomic E-state index is 15.7. The van der Waals surface area contributed by atoms with Gasteiger partial charge >= 0.3 is 0 Å². The lowest BCUT2D eigenvalue weighted by Gasteiger charge is -2.37. The molecule has 1 N–H and O–H groups in total. The van der Waals surface area contributed by atoms with Crippen LogP contribution in [0.4, 0.5) is 8.78 Å². The average molecular weight is 615 g/mol. The van der Waals surface area contributed by atoms with Crippen LogP contribution in [0.2, 0.25) is 0 Å². The summed E-state index contributed by atoms with van der Waals surface area (Å²) in [5.41, 5.74) is 11.7. The number of nitrogens with zero attached hydrogens (tertiary/aromatic N) is 3. The molecule has 3 unspecified atom stereocenters. The van der Waals surface area contributed by atoms with Gasteiger partial charge in [-0.1, -0.05) is 47.5 Å². The zero-order chi connectivity index (χ0) is 31.9. The third-order valence-electron chi connectivity index (χ3n) is 10.7. The summed E-state index contributed by atoms with van der Waals surface area (Å²) < 4.78 is 35.3.